The Kier molecular flexibility index (Phi) is 7.41. The second-order valence-corrected chi connectivity index (χ2v) is 16.9. The molecule has 0 N–H and O–H groups in total. The highest BCUT2D eigenvalue weighted by molar-refractivity contribution is 5.92. The first kappa shape index (κ1) is 31.5. The Bertz CT molecular complexity index is 1390. The van der Waals surface area contributed by atoms with Gasteiger partial charge in [0.1, 0.15) is 6.10 Å². The molecular formula is C38H53NO8. The Labute approximate surface area is 279 Å². The summed E-state index contributed by atoms with van der Waals surface area (Å²) in [7, 11) is 0. The van der Waals surface area contributed by atoms with Crippen LogP contribution < -0.4 is 0 Å². The molecule has 2 spiro atoms. The second kappa shape index (κ2) is 11.0. The fourth-order valence-electron chi connectivity index (χ4n) is 11.6. The van der Waals surface area contributed by atoms with Gasteiger partial charge in [-0.05, 0) is 100 Å². The number of rotatable bonds is 4. The highest BCUT2D eigenvalue weighted by Gasteiger charge is 2.71. The van der Waals surface area contributed by atoms with Crippen molar-refractivity contribution in [3.05, 3.63) is 30.3 Å². The van der Waals surface area contributed by atoms with Crippen LogP contribution in [-0.2, 0) is 38.5 Å². The standard InChI is InChI=1S/C38H53NO8/c1-21-12-14-28-23(3)31(40-33-37(28)26(21)16-18-35(5,42-33)44-46-37)20-30(39-25-10-8-7-9-11-25)32-24(4)29-15-13-22(2)27-17-19-36(6)43-34(41-32)38(27,29)47-45-36/h7-11,21-24,26-29,31-34H,12-20H2,1-6H3/t21-,22-,23-,24-,26+,27+,28+,29+,31-,32+,33-,34-,35+,36+,37-,38-/m1/s1. The monoisotopic (exact) mass is 651 g/mol. The number of aliphatic imine (C=N–C) groups is 1. The Morgan fingerprint density at radius 2 is 1.21 bits per heavy atom. The third-order valence-corrected chi connectivity index (χ3v) is 14.2. The Morgan fingerprint density at radius 1 is 0.660 bits per heavy atom. The average Bonchev–Trinajstić information content (AvgIpc) is 3.43. The van der Waals surface area contributed by atoms with Gasteiger partial charge in [-0.2, -0.15) is 0 Å². The van der Waals surface area contributed by atoms with E-state index in [1.165, 1.54) is 6.42 Å². The molecule has 11 rings (SSSR count). The molecule has 10 fully saturated rings. The first-order valence-corrected chi connectivity index (χ1v) is 18.6. The van der Waals surface area contributed by atoms with Crippen LogP contribution in [0.5, 0.6) is 0 Å². The number of hydrogen-bond acceptors (Lipinski definition) is 9. The third kappa shape index (κ3) is 4.60. The molecule has 2 aliphatic carbocycles. The zero-order chi connectivity index (χ0) is 32.3. The van der Waals surface area contributed by atoms with Gasteiger partial charge in [0.15, 0.2) is 23.8 Å². The molecule has 0 aromatic heterocycles. The minimum absolute atomic E-state index is 0.117. The maximum atomic E-state index is 7.17. The van der Waals surface area contributed by atoms with E-state index in [4.69, 9.17) is 43.5 Å². The summed E-state index contributed by atoms with van der Waals surface area (Å²) < 4.78 is 27.7. The molecule has 1 aromatic rings. The highest BCUT2D eigenvalue weighted by Crippen LogP contribution is 2.63. The van der Waals surface area contributed by atoms with Crippen LogP contribution in [0.2, 0.25) is 0 Å². The van der Waals surface area contributed by atoms with Crippen molar-refractivity contribution in [1.29, 1.82) is 0 Å². The van der Waals surface area contributed by atoms with Crippen LogP contribution in [-0.4, -0.2) is 53.3 Å². The van der Waals surface area contributed by atoms with Gasteiger partial charge < -0.3 is 18.9 Å². The van der Waals surface area contributed by atoms with Crippen LogP contribution in [0, 0.1) is 47.3 Å². The normalized spacial score (nSPS) is 55.1. The summed E-state index contributed by atoms with van der Waals surface area (Å²) in [6.07, 6.45) is 7.34. The molecule has 8 heterocycles. The lowest BCUT2D eigenvalue weighted by molar-refractivity contribution is -0.571. The lowest BCUT2D eigenvalue weighted by atomic mass is 9.56. The number of fused-ring (bicyclic) bond motifs is 4. The number of ether oxygens (including phenoxy) is 4. The van der Waals surface area contributed by atoms with Gasteiger partial charge in [0.05, 0.1) is 17.5 Å². The van der Waals surface area contributed by atoms with Crippen molar-refractivity contribution in [2.75, 3.05) is 0 Å². The molecule has 10 aliphatic rings. The van der Waals surface area contributed by atoms with E-state index in [9.17, 15) is 0 Å². The van der Waals surface area contributed by atoms with Crippen LogP contribution in [0.15, 0.2) is 35.3 Å². The zero-order valence-electron chi connectivity index (χ0n) is 28.9. The van der Waals surface area contributed by atoms with E-state index in [-0.39, 0.29) is 35.9 Å². The first-order valence-electron chi connectivity index (χ1n) is 18.6. The van der Waals surface area contributed by atoms with E-state index in [1.807, 2.05) is 32.0 Å². The molecule has 4 bridgehead atoms. The molecule has 1 aromatic carbocycles. The molecular weight excluding hydrogens is 598 g/mol. The number of para-hydroxylation sites is 1. The molecule has 0 radical (unpaired) electrons. The maximum absolute atomic E-state index is 7.17. The fraction of sp³-hybridized carbons (Fsp3) is 0.816. The Morgan fingerprint density at radius 3 is 1.81 bits per heavy atom. The zero-order valence-corrected chi connectivity index (χ0v) is 28.9. The van der Waals surface area contributed by atoms with E-state index in [1.54, 1.807) is 0 Å². The van der Waals surface area contributed by atoms with Crippen LogP contribution >= 0.6 is 0 Å². The molecule has 258 valence electrons. The Hall–Kier alpha value is -1.43. The predicted octanol–water partition coefficient (Wildman–Crippen LogP) is 7.65. The smallest absolute Gasteiger partial charge is 0.201 e. The van der Waals surface area contributed by atoms with Gasteiger partial charge in [0, 0.05) is 31.1 Å². The molecule has 0 unspecified atom stereocenters. The van der Waals surface area contributed by atoms with Gasteiger partial charge in [-0.25, -0.2) is 19.6 Å². The van der Waals surface area contributed by atoms with Crippen molar-refractivity contribution in [2.45, 2.75) is 147 Å². The summed E-state index contributed by atoms with van der Waals surface area (Å²) >= 11 is 0. The molecule has 9 nitrogen and oxygen atoms in total. The third-order valence-electron chi connectivity index (χ3n) is 14.2. The average molecular weight is 652 g/mol. The summed E-state index contributed by atoms with van der Waals surface area (Å²) in [6, 6.07) is 10.3. The van der Waals surface area contributed by atoms with Crippen molar-refractivity contribution in [2.24, 2.45) is 52.3 Å². The van der Waals surface area contributed by atoms with Crippen LogP contribution in [0.25, 0.3) is 0 Å². The van der Waals surface area contributed by atoms with Gasteiger partial charge in [-0.3, -0.25) is 4.99 Å². The number of nitrogens with zero attached hydrogens (tertiary/aromatic N) is 1. The second-order valence-electron chi connectivity index (χ2n) is 16.9. The van der Waals surface area contributed by atoms with E-state index < -0.39 is 35.4 Å². The SMILES string of the molecule is C[C@H]1[C@@H](C(C[C@H]2O[C@@H]3O[C@]4(C)CC[C@H]5[C@H](C)CC[C@@H]([C@H]2C)[C@@]35OO4)=Nc2ccccc2)O[C@@H]2O[C@]3(C)CC[C@H]4[C@H](C)CC[C@@H]1[C@@]24OO3. The molecule has 8 saturated heterocycles. The van der Waals surface area contributed by atoms with Crippen LogP contribution in [0.3, 0.4) is 0 Å². The lowest BCUT2D eigenvalue weighted by Gasteiger charge is -2.61. The van der Waals surface area contributed by atoms with Crippen molar-refractivity contribution in [1.82, 2.24) is 0 Å². The number of benzene rings is 1. The van der Waals surface area contributed by atoms with E-state index in [0.717, 1.165) is 56.3 Å². The van der Waals surface area contributed by atoms with Gasteiger partial charge in [0.2, 0.25) is 11.6 Å². The summed E-state index contributed by atoms with van der Waals surface area (Å²) in [5.74, 6) is 0.898. The predicted molar refractivity (Wildman–Crippen MR) is 172 cm³/mol. The quantitative estimate of drug-likeness (QED) is 0.243. The minimum Gasteiger partial charge on any atom is -0.345 e. The fourth-order valence-corrected chi connectivity index (χ4v) is 11.6. The van der Waals surface area contributed by atoms with Crippen molar-refractivity contribution >= 4 is 11.4 Å². The maximum Gasteiger partial charge on any atom is 0.201 e. The topological polar surface area (TPSA) is 86.2 Å². The Balaban J connectivity index is 1.08. The summed E-state index contributed by atoms with van der Waals surface area (Å²) in [6.45, 7) is 13.4. The largest absolute Gasteiger partial charge is 0.345 e. The molecule has 2 saturated carbocycles. The summed E-state index contributed by atoms with van der Waals surface area (Å²) in [5.41, 5.74) is 0.717. The molecule has 8 aliphatic heterocycles. The first-order chi connectivity index (χ1) is 22.6. The van der Waals surface area contributed by atoms with Crippen molar-refractivity contribution in [3.8, 4) is 0 Å². The molecule has 16 atom stereocenters. The van der Waals surface area contributed by atoms with Crippen LogP contribution in [0.1, 0.15) is 99.3 Å². The van der Waals surface area contributed by atoms with Crippen molar-refractivity contribution in [3.63, 3.8) is 0 Å². The van der Waals surface area contributed by atoms with Gasteiger partial charge in [-0.1, -0.05) is 45.9 Å². The molecule has 47 heavy (non-hydrogen) atoms. The lowest BCUT2D eigenvalue weighted by Crippen LogP contribution is -2.71. The van der Waals surface area contributed by atoms with Gasteiger partial charge >= 0.3 is 0 Å². The molecule has 0 amide bonds. The minimum atomic E-state index is -0.822. The van der Waals surface area contributed by atoms with Gasteiger partial charge in [-0.15, -0.1) is 0 Å². The molecule has 9 heteroatoms. The highest BCUT2D eigenvalue weighted by atomic mass is 17.3. The van der Waals surface area contributed by atoms with E-state index >= 15 is 0 Å². The van der Waals surface area contributed by atoms with Crippen molar-refractivity contribution < 1.29 is 38.5 Å². The summed E-state index contributed by atoms with van der Waals surface area (Å²) in [5, 5.41) is 0. The summed E-state index contributed by atoms with van der Waals surface area (Å²) in [4.78, 5) is 30.5. The number of hydrogen-bond donors (Lipinski definition) is 0. The van der Waals surface area contributed by atoms with E-state index in [2.05, 4.69) is 39.8 Å². The van der Waals surface area contributed by atoms with E-state index in [0.29, 0.717) is 30.1 Å². The van der Waals surface area contributed by atoms with Gasteiger partial charge in [0.25, 0.3) is 0 Å². The van der Waals surface area contributed by atoms with Crippen LogP contribution in [0.4, 0.5) is 5.69 Å².